The number of aliphatic hydroxyl groups excluding tert-OH is 1. The molecule has 1 aromatic heterocycles. The molecule has 1 aromatic carbocycles. The molecule has 0 fully saturated rings. The average Bonchev–Trinajstić information content (AvgIpc) is 2.66. The van der Waals surface area contributed by atoms with Gasteiger partial charge in [0, 0.05) is 10.6 Å². The van der Waals surface area contributed by atoms with Gasteiger partial charge in [0.25, 0.3) is 0 Å². The fraction of sp³-hybridized carbons (Fsp3) is 0.308. The fourth-order valence-corrected chi connectivity index (χ4v) is 2.81. The van der Waals surface area contributed by atoms with Crippen LogP contribution in [0.1, 0.15) is 12.1 Å². The van der Waals surface area contributed by atoms with Crippen molar-refractivity contribution in [1.29, 1.82) is 0 Å². The Balaban J connectivity index is 2.13. The lowest BCUT2D eigenvalue weighted by Crippen LogP contribution is -2.24. The van der Waals surface area contributed by atoms with Crippen LogP contribution in [0.25, 0.3) is 11.4 Å². The second-order valence-corrected chi connectivity index (χ2v) is 5.28. The molecule has 1 unspecified atom stereocenters. The number of aromatic nitrogens is 2. The van der Waals surface area contributed by atoms with Crippen LogP contribution in [0.3, 0.4) is 0 Å². The van der Waals surface area contributed by atoms with Crippen molar-refractivity contribution >= 4 is 23.2 Å². The highest BCUT2D eigenvalue weighted by Gasteiger charge is 2.23. The summed E-state index contributed by atoms with van der Waals surface area (Å²) >= 11 is 12.1. The highest BCUT2D eigenvalue weighted by Crippen LogP contribution is 2.31. The van der Waals surface area contributed by atoms with Gasteiger partial charge in [0.05, 0.1) is 18.3 Å². The highest BCUT2D eigenvalue weighted by atomic mass is 35.5. The number of hydrogen-bond acceptors (Lipinski definition) is 2. The van der Waals surface area contributed by atoms with E-state index in [4.69, 9.17) is 23.2 Å². The molecule has 1 N–H and O–H groups in total. The topological polar surface area (TPSA) is 38.1 Å². The summed E-state index contributed by atoms with van der Waals surface area (Å²) in [7, 11) is 0. The predicted octanol–water partition coefficient (Wildman–Crippen LogP) is 3.16. The molecule has 0 aliphatic carbocycles. The number of aliphatic hydroxyl groups is 1. The molecule has 3 rings (SSSR count). The molecule has 2 heterocycles. The molecule has 1 aliphatic rings. The summed E-state index contributed by atoms with van der Waals surface area (Å²) in [5, 5.41) is 11.0. The van der Waals surface area contributed by atoms with Crippen LogP contribution >= 0.6 is 23.2 Å². The minimum atomic E-state index is -0.333. The molecular formula is C13H12Cl2N2O. The predicted molar refractivity (Wildman–Crippen MR) is 72.0 cm³/mol. The Bertz CT molecular complexity index is 595. The molecular weight excluding hydrogens is 271 g/mol. The van der Waals surface area contributed by atoms with Gasteiger partial charge in [-0.1, -0.05) is 35.3 Å². The van der Waals surface area contributed by atoms with E-state index in [-0.39, 0.29) is 6.10 Å². The van der Waals surface area contributed by atoms with Gasteiger partial charge in [-0.2, -0.15) is 0 Å². The standard InChI is InChI=1S/C13H12Cl2N2O/c14-9-3-1-2-8(6-9)13-16-12(15)11-5-4-10(18)7-17(11)13/h1-3,6,10,18H,4-5,7H2. The lowest BCUT2D eigenvalue weighted by atomic mass is 10.1. The first kappa shape index (κ1) is 12.0. The normalized spacial score (nSPS) is 18.7. The number of fused-ring (bicyclic) bond motifs is 1. The van der Waals surface area contributed by atoms with Gasteiger partial charge in [-0.05, 0) is 25.0 Å². The van der Waals surface area contributed by atoms with Crippen molar-refractivity contribution in [3.63, 3.8) is 0 Å². The number of halogens is 2. The van der Waals surface area contributed by atoms with Gasteiger partial charge in [-0.25, -0.2) is 4.98 Å². The monoisotopic (exact) mass is 282 g/mol. The Morgan fingerprint density at radius 1 is 1.33 bits per heavy atom. The van der Waals surface area contributed by atoms with Crippen LogP contribution in [0.4, 0.5) is 0 Å². The zero-order valence-corrected chi connectivity index (χ0v) is 11.1. The second-order valence-electron chi connectivity index (χ2n) is 4.49. The molecule has 0 amide bonds. The minimum absolute atomic E-state index is 0.333. The van der Waals surface area contributed by atoms with E-state index in [1.165, 1.54) is 0 Å². The molecule has 0 saturated carbocycles. The van der Waals surface area contributed by atoms with Gasteiger partial charge in [0.1, 0.15) is 5.82 Å². The van der Waals surface area contributed by atoms with Crippen molar-refractivity contribution in [3.05, 3.63) is 40.1 Å². The van der Waals surface area contributed by atoms with E-state index in [9.17, 15) is 5.11 Å². The number of nitrogens with zero attached hydrogens (tertiary/aromatic N) is 2. The number of rotatable bonds is 1. The summed E-state index contributed by atoms with van der Waals surface area (Å²) < 4.78 is 1.99. The first-order valence-corrected chi connectivity index (χ1v) is 6.59. The average molecular weight is 283 g/mol. The van der Waals surface area contributed by atoms with Crippen molar-refractivity contribution in [2.75, 3.05) is 0 Å². The number of benzene rings is 1. The van der Waals surface area contributed by atoms with E-state index in [0.717, 1.165) is 29.9 Å². The Labute approximate surface area is 115 Å². The smallest absolute Gasteiger partial charge is 0.150 e. The molecule has 0 saturated heterocycles. The van der Waals surface area contributed by atoms with Crippen LogP contribution in [-0.4, -0.2) is 20.8 Å². The Kier molecular flexibility index (Phi) is 3.06. The summed E-state index contributed by atoms with van der Waals surface area (Å²) in [6.45, 7) is 0.539. The molecule has 1 aliphatic heterocycles. The first-order chi connectivity index (χ1) is 8.65. The molecule has 3 nitrogen and oxygen atoms in total. The van der Waals surface area contributed by atoms with Crippen molar-refractivity contribution in [1.82, 2.24) is 9.55 Å². The number of hydrogen-bond donors (Lipinski definition) is 1. The maximum atomic E-state index is 9.77. The summed E-state index contributed by atoms with van der Waals surface area (Å²) in [6.07, 6.45) is 1.16. The molecule has 2 aromatic rings. The molecule has 5 heteroatoms. The van der Waals surface area contributed by atoms with Gasteiger partial charge in [0.2, 0.25) is 0 Å². The Hall–Kier alpha value is -1.03. The van der Waals surface area contributed by atoms with Gasteiger partial charge in [0.15, 0.2) is 5.15 Å². The zero-order chi connectivity index (χ0) is 12.7. The fourth-order valence-electron chi connectivity index (χ4n) is 2.35. The van der Waals surface area contributed by atoms with Crippen molar-refractivity contribution < 1.29 is 5.11 Å². The van der Waals surface area contributed by atoms with E-state index in [0.29, 0.717) is 16.7 Å². The SMILES string of the molecule is OC1CCc2c(Cl)nc(-c3cccc(Cl)c3)n2C1. The van der Waals surface area contributed by atoms with Crippen LogP contribution in [0.2, 0.25) is 10.2 Å². The maximum Gasteiger partial charge on any atom is 0.150 e. The molecule has 0 radical (unpaired) electrons. The lowest BCUT2D eigenvalue weighted by Gasteiger charge is -2.21. The van der Waals surface area contributed by atoms with E-state index < -0.39 is 0 Å². The largest absolute Gasteiger partial charge is 0.391 e. The summed E-state index contributed by atoms with van der Waals surface area (Å²) in [6, 6.07) is 7.50. The van der Waals surface area contributed by atoms with Crippen LogP contribution in [0.15, 0.2) is 24.3 Å². The molecule has 1 atom stereocenters. The summed E-state index contributed by atoms with van der Waals surface area (Å²) in [4.78, 5) is 4.40. The minimum Gasteiger partial charge on any atom is -0.391 e. The summed E-state index contributed by atoms with van der Waals surface area (Å²) in [5.74, 6) is 0.774. The number of imidazole rings is 1. The van der Waals surface area contributed by atoms with E-state index in [2.05, 4.69) is 4.98 Å². The van der Waals surface area contributed by atoms with E-state index >= 15 is 0 Å². The third-order valence-corrected chi connectivity index (χ3v) is 3.75. The van der Waals surface area contributed by atoms with E-state index in [1.807, 2.05) is 28.8 Å². The van der Waals surface area contributed by atoms with Gasteiger partial charge in [-0.15, -0.1) is 0 Å². The van der Waals surface area contributed by atoms with Crippen molar-refractivity contribution in [2.24, 2.45) is 0 Å². The molecule has 0 spiro atoms. The second kappa shape index (κ2) is 4.57. The maximum absolute atomic E-state index is 9.77. The van der Waals surface area contributed by atoms with Gasteiger partial charge < -0.3 is 9.67 Å². The van der Waals surface area contributed by atoms with Gasteiger partial charge >= 0.3 is 0 Å². The summed E-state index contributed by atoms with van der Waals surface area (Å²) in [5.41, 5.74) is 1.92. The third kappa shape index (κ3) is 2.03. The third-order valence-electron chi connectivity index (χ3n) is 3.21. The Morgan fingerprint density at radius 2 is 2.17 bits per heavy atom. The van der Waals surface area contributed by atoms with Crippen LogP contribution in [0, 0.1) is 0 Å². The zero-order valence-electron chi connectivity index (χ0n) is 9.61. The molecule has 94 valence electrons. The van der Waals surface area contributed by atoms with Crippen molar-refractivity contribution in [2.45, 2.75) is 25.5 Å². The van der Waals surface area contributed by atoms with Crippen LogP contribution in [-0.2, 0) is 13.0 Å². The highest BCUT2D eigenvalue weighted by molar-refractivity contribution is 6.31. The molecule has 0 bridgehead atoms. The molecule has 18 heavy (non-hydrogen) atoms. The van der Waals surface area contributed by atoms with Crippen molar-refractivity contribution in [3.8, 4) is 11.4 Å². The quantitative estimate of drug-likeness (QED) is 0.873. The van der Waals surface area contributed by atoms with E-state index in [1.54, 1.807) is 0 Å². The first-order valence-electron chi connectivity index (χ1n) is 5.84. The van der Waals surface area contributed by atoms with Crippen LogP contribution in [0.5, 0.6) is 0 Å². The van der Waals surface area contributed by atoms with Crippen LogP contribution < -0.4 is 0 Å². The Morgan fingerprint density at radius 3 is 2.94 bits per heavy atom. The van der Waals surface area contributed by atoms with Gasteiger partial charge in [-0.3, -0.25) is 0 Å². The lowest BCUT2D eigenvalue weighted by molar-refractivity contribution is 0.132.